The van der Waals surface area contributed by atoms with E-state index in [2.05, 4.69) is 12.2 Å². The second-order valence-electron chi connectivity index (χ2n) is 4.48. The zero-order valence-corrected chi connectivity index (χ0v) is 11.8. The van der Waals surface area contributed by atoms with Crippen LogP contribution in [-0.4, -0.2) is 12.5 Å². The highest BCUT2D eigenvalue weighted by Gasteiger charge is 2.06. The van der Waals surface area contributed by atoms with Gasteiger partial charge in [-0.2, -0.15) is 5.26 Å². The number of nitrogens with one attached hydrogen (secondary N) is 1. The van der Waals surface area contributed by atoms with E-state index in [0.29, 0.717) is 17.0 Å². The van der Waals surface area contributed by atoms with E-state index in [1.165, 1.54) is 5.56 Å². The fourth-order valence-electron chi connectivity index (χ4n) is 1.87. The highest BCUT2D eigenvalue weighted by atomic mass is 16.5. The molecule has 0 aromatic heterocycles. The van der Waals surface area contributed by atoms with Gasteiger partial charge in [0.15, 0.2) is 6.61 Å². The highest BCUT2D eigenvalue weighted by Crippen LogP contribution is 2.18. The van der Waals surface area contributed by atoms with Crippen molar-refractivity contribution in [3.8, 4) is 11.8 Å². The van der Waals surface area contributed by atoms with Crippen LogP contribution >= 0.6 is 0 Å². The van der Waals surface area contributed by atoms with Crippen LogP contribution < -0.4 is 10.1 Å². The summed E-state index contributed by atoms with van der Waals surface area (Å²) in [6.07, 6.45) is 0.945. The van der Waals surface area contributed by atoms with Crippen LogP contribution in [0.3, 0.4) is 0 Å². The number of ether oxygens (including phenoxy) is 1. The summed E-state index contributed by atoms with van der Waals surface area (Å²) in [5.74, 6) is 0.380. The fraction of sp³-hybridized carbons (Fsp3) is 0.176. The molecule has 0 atom stereocenters. The predicted octanol–water partition coefficient (Wildman–Crippen LogP) is 3.40. The van der Waals surface area contributed by atoms with Gasteiger partial charge in [-0.25, -0.2) is 0 Å². The highest BCUT2D eigenvalue weighted by molar-refractivity contribution is 6.04. The van der Waals surface area contributed by atoms with E-state index in [4.69, 9.17) is 10.00 Å². The van der Waals surface area contributed by atoms with Crippen molar-refractivity contribution in [1.82, 2.24) is 0 Å². The predicted molar refractivity (Wildman–Crippen MR) is 81.3 cm³/mol. The van der Waals surface area contributed by atoms with Gasteiger partial charge in [-0.1, -0.05) is 25.1 Å². The first-order valence-corrected chi connectivity index (χ1v) is 6.73. The number of carbonyl (C=O) groups is 1. The van der Waals surface area contributed by atoms with Crippen molar-refractivity contribution >= 4 is 11.6 Å². The zero-order valence-electron chi connectivity index (χ0n) is 11.8. The van der Waals surface area contributed by atoms with Crippen LogP contribution in [0.4, 0.5) is 5.69 Å². The molecule has 0 saturated carbocycles. The molecular weight excluding hydrogens is 264 g/mol. The average molecular weight is 280 g/mol. The van der Waals surface area contributed by atoms with Crippen LogP contribution in [0.5, 0.6) is 5.75 Å². The Morgan fingerprint density at radius 3 is 2.67 bits per heavy atom. The number of aryl methyl sites for hydroxylation is 1. The second kappa shape index (κ2) is 7.11. The van der Waals surface area contributed by atoms with Gasteiger partial charge in [0.1, 0.15) is 11.8 Å². The molecule has 0 aliphatic heterocycles. The van der Waals surface area contributed by atoms with Crippen LogP contribution in [0.15, 0.2) is 48.5 Å². The molecule has 21 heavy (non-hydrogen) atoms. The van der Waals surface area contributed by atoms with Gasteiger partial charge >= 0.3 is 0 Å². The molecule has 4 heteroatoms. The van der Waals surface area contributed by atoms with Crippen molar-refractivity contribution in [2.45, 2.75) is 13.3 Å². The molecule has 0 aliphatic rings. The summed E-state index contributed by atoms with van der Waals surface area (Å²) in [7, 11) is 0. The summed E-state index contributed by atoms with van der Waals surface area (Å²) in [5.41, 5.74) is 2.43. The monoisotopic (exact) mass is 280 g/mol. The quantitative estimate of drug-likeness (QED) is 0.913. The molecule has 2 aromatic carbocycles. The van der Waals surface area contributed by atoms with Crippen LogP contribution in [0.1, 0.15) is 22.8 Å². The molecule has 0 bridgehead atoms. The largest absolute Gasteiger partial charge is 0.479 e. The molecule has 106 valence electrons. The summed E-state index contributed by atoms with van der Waals surface area (Å²) in [4.78, 5) is 12.1. The SMILES string of the molecule is CCc1ccc(C(=O)Nc2cccc(OCC#N)c2)cc1. The van der Waals surface area contributed by atoms with E-state index in [1.54, 1.807) is 24.3 Å². The second-order valence-corrected chi connectivity index (χ2v) is 4.48. The van der Waals surface area contributed by atoms with Crippen molar-refractivity contribution in [2.24, 2.45) is 0 Å². The van der Waals surface area contributed by atoms with E-state index in [1.807, 2.05) is 30.3 Å². The maximum Gasteiger partial charge on any atom is 0.255 e. The Morgan fingerprint density at radius 1 is 1.24 bits per heavy atom. The summed E-state index contributed by atoms with van der Waals surface area (Å²) in [6, 6.07) is 16.4. The lowest BCUT2D eigenvalue weighted by atomic mass is 10.1. The number of rotatable bonds is 5. The van der Waals surface area contributed by atoms with Gasteiger partial charge < -0.3 is 10.1 Å². The summed E-state index contributed by atoms with van der Waals surface area (Å²) in [5, 5.41) is 11.3. The van der Waals surface area contributed by atoms with Crippen LogP contribution in [0.25, 0.3) is 0 Å². The number of amides is 1. The topological polar surface area (TPSA) is 62.1 Å². The normalized spacial score (nSPS) is 9.71. The minimum atomic E-state index is -0.171. The van der Waals surface area contributed by atoms with Gasteiger partial charge in [-0.15, -0.1) is 0 Å². The molecule has 0 radical (unpaired) electrons. The Hall–Kier alpha value is -2.80. The van der Waals surface area contributed by atoms with Crippen LogP contribution in [0, 0.1) is 11.3 Å². The number of benzene rings is 2. The van der Waals surface area contributed by atoms with Crippen molar-refractivity contribution in [3.63, 3.8) is 0 Å². The molecule has 0 heterocycles. The van der Waals surface area contributed by atoms with Crippen molar-refractivity contribution in [3.05, 3.63) is 59.7 Å². The van der Waals surface area contributed by atoms with E-state index >= 15 is 0 Å². The summed E-state index contributed by atoms with van der Waals surface area (Å²) < 4.78 is 5.20. The van der Waals surface area contributed by atoms with Gasteiger partial charge in [0.25, 0.3) is 5.91 Å². The molecule has 0 unspecified atom stereocenters. The summed E-state index contributed by atoms with van der Waals surface area (Å²) >= 11 is 0. The van der Waals surface area contributed by atoms with Crippen molar-refractivity contribution < 1.29 is 9.53 Å². The lowest BCUT2D eigenvalue weighted by molar-refractivity contribution is 0.102. The number of anilines is 1. The standard InChI is InChI=1S/C17H16N2O2/c1-2-13-6-8-14(9-7-13)17(20)19-15-4-3-5-16(12-15)21-11-10-18/h3-9,12H,2,11H2,1H3,(H,19,20). The molecule has 1 N–H and O–H groups in total. The Balaban J connectivity index is 2.06. The Morgan fingerprint density at radius 2 is 2.00 bits per heavy atom. The third kappa shape index (κ3) is 4.08. The first kappa shape index (κ1) is 14.6. The van der Waals surface area contributed by atoms with Gasteiger partial charge in [0.2, 0.25) is 0 Å². The van der Waals surface area contributed by atoms with Crippen molar-refractivity contribution in [1.29, 1.82) is 5.26 Å². The maximum absolute atomic E-state index is 12.1. The van der Waals surface area contributed by atoms with E-state index in [-0.39, 0.29) is 12.5 Å². The smallest absolute Gasteiger partial charge is 0.255 e. The molecule has 0 spiro atoms. The lowest BCUT2D eigenvalue weighted by Crippen LogP contribution is -2.11. The first-order chi connectivity index (χ1) is 10.2. The molecule has 2 rings (SSSR count). The summed E-state index contributed by atoms with van der Waals surface area (Å²) in [6.45, 7) is 2.05. The van der Waals surface area contributed by atoms with Gasteiger partial charge in [-0.3, -0.25) is 4.79 Å². The fourth-order valence-corrected chi connectivity index (χ4v) is 1.87. The average Bonchev–Trinajstić information content (AvgIpc) is 2.53. The number of carbonyl (C=O) groups excluding carboxylic acids is 1. The zero-order chi connectivity index (χ0) is 15.1. The lowest BCUT2D eigenvalue weighted by Gasteiger charge is -2.08. The minimum absolute atomic E-state index is 0.0180. The molecule has 4 nitrogen and oxygen atoms in total. The first-order valence-electron chi connectivity index (χ1n) is 6.73. The maximum atomic E-state index is 12.1. The van der Waals surface area contributed by atoms with E-state index in [0.717, 1.165) is 6.42 Å². The number of hydrogen-bond acceptors (Lipinski definition) is 3. The van der Waals surface area contributed by atoms with Crippen LogP contribution in [-0.2, 0) is 6.42 Å². The van der Waals surface area contributed by atoms with Gasteiger partial charge in [-0.05, 0) is 36.2 Å². The molecule has 0 aliphatic carbocycles. The molecule has 0 saturated heterocycles. The van der Waals surface area contributed by atoms with E-state index in [9.17, 15) is 4.79 Å². The Labute approximate surface area is 124 Å². The van der Waals surface area contributed by atoms with Crippen LogP contribution in [0.2, 0.25) is 0 Å². The third-order valence-corrected chi connectivity index (χ3v) is 3.02. The van der Waals surface area contributed by atoms with Gasteiger partial charge in [0.05, 0.1) is 0 Å². The van der Waals surface area contributed by atoms with Crippen molar-refractivity contribution in [2.75, 3.05) is 11.9 Å². The minimum Gasteiger partial charge on any atom is -0.479 e. The molecule has 0 fully saturated rings. The molecular formula is C17H16N2O2. The molecule has 2 aromatic rings. The third-order valence-electron chi connectivity index (χ3n) is 3.02. The number of hydrogen-bond donors (Lipinski definition) is 1. The number of nitrogens with zero attached hydrogens (tertiary/aromatic N) is 1. The number of nitriles is 1. The van der Waals surface area contributed by atoms with E-state index < -0.39 is 0 Å². The van der Waals surface area contributed by atoms with Gasteiger partial charge in [0, 0.05) is 17.3 Å². The Bertz CT molecular complexity index is 657. The Kier molecular flexibility index (Phi) is 4.94. The molecule has 1 amide bonds.